The Morgan fingerprint density at radius 2 is 1.67 bits per heavy atom. The first-order valence-corrected chi connectivity index (χ1v) is 15.1. The minimum atomic E-state index is -0.940. The molecule has 0 unspecified atom stereocenters. The predicted molar refractivity (Wildman–Crippen MR) is 171 cm³/mol. The lowest BCUT2D eigenvalue weighted by Gasteiger charge is -2.32. The van der Waals surface area contributed by atoms with Crippen LogP contribution in [0.4, 0.5) is 0 Å². The van der Waals surface area contributed by atoms with Gasteiger partial charge in [0.25, 0.3) is 5.91 Å². The molecule has 218 valence electrons. The highest BCUT2D eigenvalue weighted by Crippen LogP contribution is 2.40. The number of hydrogen-bond acceptors (Lipinski definition) is 3. The van der Waals surface area contributed by atoms with E-state index < -0.39 is 5.97 Å². The standard InChI is InChI=1S/C37H37N3O3/c1-24(2)28-9-8-10-30(21-28)37(19-6-7-20-37)38-35(41)29-17-18-34-33(22-29)25(3)39-40(34)23-26-13-15-27(16-14-26)31-11-4-5-12-32(31)36(42)43/h4-5,8-18,21-22,24H,6-7,19-20,23H2,1-3H3,(H,38,41)(H,42,43). The maximum Gasteiger partial charge on any atom is 0.336 e. The maximum atomic E-state index is 13.7. The first kappa shape index (κ1) is 28.4. The van der Waals surface area contributed by atoms with Crippen LogP contribution in [0.5, 0.6) is 0 Å². The number of nitrogens with zero attached hydrogens (tertiary/aromatic N) is 2. The molecule has 0 bridgehead atoms. The number of aromatic nitrogens is 2. The van der Waals surface area contributed by atoms with Gasteiger partial charge in [0, 0.05) is 10.9 Å². The Labute approximate surface area is 252 Å². The number of carbonyl (C=O) groups excluding carboxylic acids is 1. The van der Waals surface area contributed by atoms with E-state index >= 15 is 0 Å². The summed E-state index contributed by atoms with van der Waals surface area (Å²) in [6.07, 6.45) is 4.09. The molecule has 1 saturated carbocycles. The molecule has 43 heavy (non-hydrogen) atoms. The average Bonchev–Trinajstić information content (AvgIpc) is 3.62. The summed E-state index contributed by atoms with van der Waals surface area (Å²) in [5, 5.41) is 18.8. The van der Waals surface area contributed by atoms with Gasteiger partial charge in [-0.3, -0.25) is 9.48 Å². The highest BCUT2D eigenvalue weighted by molar-refractivity contribution is 5.99. The Morgan fingerprint density at radius 1 is 0.930 bits per heavy atom. The number of carboxylic acids is 1. The summed E-state index contributed by atoms with van der Waals surface area (Å²) in [5.74, 6) is -0.560. The van der Waals surface area contributed by atoms with E-state index in [4.69, 9.17) is 5.10 Å². The SMILES string of the molecule is Cc1nn(Cc2ccc(-c3ccccc3C(=O)O)cc2)c2ccc(C(=O)NC3(c4cccc(C(C)C)c4)CCCC3)cc12. The minimum absolute atomic E-state index is 0.0527. The summed E-state index contributed by atoms with van der Waals surface area (Å²) in [7, 11) is 0. The summed E-state index contributed by atoms with van der Waals surface area (Å²) in [5.41, 5.74) is 7.52. The van der Waals surface area contributed by atoms with Crippen molar-refractivity contribution in [2.45, 2.75) is 64.5 Å². The molecular weight excluding hydrogens is 534 g/mol. The van der Waals surface area contributed by atoms with Gasteiger partial charge in [0.15, 0.2) is 0 Å². The summed E-state index contributed by atoms with van der Waals surface area (Å²) >= 11 is 0. The maximum absolute atomic E-state index is 13.7. The molecule has 6 rings (SSSR count). The first-order chi connectivity index (χ1) is 20.7. The molecule has 1 aliphatic carbocycles. The fourth-order valence-electron chi connectivity index (χ4n) is 6.43. The van der Waals surface area contributed by atoms with Gasteiger partial charge in [-0.25, -0.2) is 4.79 Å². The summed E-state index contributed by atoms with van der Waals surface area (Å²) in [4.78, 5) is 25.4. The summed E-state index contributed by atoms with van der Waals surface area (Å²) in [6.45, 7) is 6.94. The Bertz CT molecular complexity index is 1810. The van der Waals surface area contributed by atoms with Crippen molar-refractivity contribution in [3.05, 3.63) is 125 Å². The van der Waals surface area contributed by atoms with Crippen LogP contribution in [-0.2, 0) is 12.1 Å². The molecule has 1 fully saturated rings. The Morgan fingerprint density at radius 3 is 2.40 bits per heavy atom. The number of fused-ring (bicyclic) bond motifs is 1. The van der Waals surface area contributed by atoms with Crippen LogP contribution < -0.4 is 5.32 Å². The van der Waals surface area contributed by atoms with E-state index in [1.54, 1.807) is 12.1 Å². The number of aromatic carboxylic acids is 1. The Kier molecular flexibility index (Phi) is 7.61. The molecule has 0 radical (unpaired) electrons. The molecule has 2 N–H and O–H groups in total. The highest BCUT2D eigenvalue weighted by atomic mass is 16.4. The molecule has 6 nitrogen and oxygen atoms in total. The topological polar surface area (TPSA) is 84.2 Å². The number of benzene rings is 4. The van der Waals surface area contributed by atoms with Crippen molar-refractivity contribution in [1.29, 1.82) is 0 Å². The fraction of sp³-hybridized carbons (Fsp3) is 0.270. The van der Waals surface area contributed by atoms with Crippen LogP contribution in [0.2, 0.25) is 0 Å². The smallest absolute Gasteiger partial charge is 0.336 e. The van der Waals surface area contributed by atoms with Crippen molar-refractivity contribution in [3.63, 3.8) is 0 Å². The minimum Gasteiger partial charge on any atom is -0.478 e. The van der Waals surface area contributed by atoms with Gasteiger partial charge in [0.1, 0.15) is 0 Å². The number of amides is 1. The molecule has 1 heterocycles. The zero-order valence-electron chi connectivity index (χ0n) is 24.9. The van der Waals surface area contributed by atoms with Gasteiger partial charge < -0.3 is 10.4 Å². The van der Waals surface area contributed by atoms with Crippen molar-refractivity contribution in [3.8, 4) is 11.1 Å². The lowest BCUT2D eigenvalue weighted by atomic mass is 9.85. The van der Waals surface area contributed by atoms with Crippen molar-refractivity contribution in [2.75, 3.05) is 0 Å². The summed E-state index contributed by atoms with van der Waals surface area (Å²) < 4.78 is 1.96. The number of carboxylic acid groups (broad SMARTS) is 1. The quantitative estimate of drug-likeness (QED) is 0.197. The number of hydrogen-bond donors (Lipinski definition) is 2. The molecule has 1 aliphatic rings. The van der Waals surface area contributed by atoms with Crippen molar-refractivity contribution in [1.82, 2.24) is 15.1 Å². The molecule has 1 amide bonds. The Balaban J connectivity index is 1.23. The van der Waals surface area contributed by atoms with Gasteiger partial charge in [-0.05, 0) is 77.8 Å². The third-order valence-electron chi connectivity index (χ3n) is 8.87. The van der Waals surface area contributed by atoms with Gasteiger partial charge in [-0.15, -0.1) is 0 Å². The van der Waals surface area contributed by atoms with Crippen molar-refractivity contribution < 1.29 is 14.7 Å². The number of carbonyl (C=O) groups is 2. The first-order valence-electron chi connectivity index (χ1n) is 15.1. The van der Waals surface area contributed by atoms with E-state index in [1.165, 1.54) is 11.1 Å². The van der Waals surface area contributed by atoms with E-state index in [-0.39, 0.29) is 17.0 Å². The fourth-order valence-corrected chi connectivity index (χ4v) is 6.43. The molecular formula is C37H37N3O3. The monoisotopic (exact) mass is 571 g/mol. The van der Waals surface area contributed by atoms with Gasteiger partial charge >= 0.3 is 5.97 Å². The predicted octanol–water partition coefficient (Wildman–Crippen LogP) is 8.08. The molecule has 0 spiro atoms. The Hall–Kier alpha value is -4.71. The third kappa shape index (κ3) is 5.57. The molecule has 6 heteroatoms. The zero-order chi connectivity index (χ0) is 30.1. The second-order valence-electron chi connectivity index (χ2n) is 12.0. The lowest BCUT2D eigenvalue weighted by molar-refractivity contribution is 0.0697. The molecule has 1 aromatic heterocycles. The normalized spacial score (nSPS) is 14.3. The van der Waals surface area contributed by atoms with E-state index in [0.717, 1.165) is 53.4 Å². The highest BCUT2D eigenvalue weighted by Gasteiger charge is 2.37. The van der Waals surface area contributed by atoms with Crippen LogP contribution in [0.1, 0.15) is 88.5 Å². The van der Waals surface area contributed by atoms with Crippen LogP contribution in [0.3, 0.4) is 0 Å². The summed E-state index contributed by atoms with van der Waals surface area (Å²) in [6, 6.07) is 29.5. The second kappa shape index (κ2) is 11.5. The molecule has 5 aromatic rings. The second-order valence-corrected chi connectivity index (χ2v) is 12.0. The van der Waals surface area contributed by atoms with Crippen LogP contribution in [0, 0.1) is 6.92 Å². The number of aryl methyl sites for hydroxylation is 1. The van der Waals surface area contributed by atoms with Crippen molar-refractivity contribution >= 4 is 22.8 Å². The molecule has 0 atom stereocenters. The lowest BCUT2D eigenvalue weighted by Crippen LogP contribution is -2.43. The molecule has 0 saturated heterocycles. The largest absolute Gasteiger partial charge is 0.478 e. The average molecular weight is 572 g/mol. The molecule has 0 aliphatic heterocycles. The van der Waals surface area contributed by atoms with Gasteiger partial charge in [0.2, 0.25) is 0 Å². The molecule has 4 aromatic carbocycles. The third-order valence-corrected chi connectivity index (χ3v) is 8.87. The number of rotatable bonds is 8. The van der Waals surface area contributed by atoms with Crippen LogP contribution in [-0.4, -0.2) is 26.8 Å². The van der Waals surface area contributed by atoms with E-state index in [1.807, 2.05) is 66.2 Å². The van der Waals surface area contributed by atoms with E-state index in [0.29, 0.717) is 23.6 Å². The van der Waals surface area contributed by atoms with Gasteiger partial charge in [-0.1, -0.05) is 93.4 Å². The van der Waals surface area contributed by atoms with Crippen LogP contribution >= 0.6 is 0 Å². The zero-order valence-corrected chi connectivity index (χ0v) is 24.9. The number of nitrogens with one attached hydrogen (secondary N) is 1. The van der Waals surface area contributed by atoms with Gasteiger partial charge in [0.05, 0.1) is 28.9 Å². The van der Waals surface area contributed by atoms with Gasteiger partial charge in [-0.2, -0.15) is 5.10 Å². The van der Waals surface area contributed by atoms with E-state index in [9.17, 15) is 14.7 Å². The van der Waals surface area contributed by atoms with E-state index in [2.05, 4.69) is 43.4 Å². The van der Waals surface area contributed by atoms with Crippen molar-refractivity contribution in [2.24, 2.45) is 0 Å². The van der Waals surface area contributed by atoms with Crippen LogP contribution in [0.15, 0.2) is 91.0 Å². The van der Waals surface area contributed by atoms with Crippen LogP contribution in [0.25, 0.3) is 22.0 Å².